The molecule has 0 radical (unpaired) electrons. The van der Waals surface area contributed by atoms with Gasteiger partial charge in [0.1, 0.15) is 12.4 Å². The van der Waals surface area contributed by atoms with Crippen molar-refractivity contribution >= 4 is 15.9 Å². The third-order valence-corrected chi connectivity index (χ3v) is 7.13. The number of carbonyl (C=O) groups is 1. The van der Waals surface area contributed by atoms with Gasteiger partial charge in [-0.2, -0.15) is 4.31 Å². The second-order valence-electron chi connectivity index (χ2n) is 7.30. The summed E-state index contributed by atoms with van der Waals surface area (Å²) in [7, 11) is -2.03. The Balaban J connectivity index is 1.71. The Bertz CT molecular complexity index is 953. The summed E-state index contributed by atoms with van der Waals surface area (Å²) in [4.78, 5) is 14.6. The summed E-state index contributed by atoms with van der Waals surface area (Å²) >= 11 is 0. The predicted octanol–water partition coefficient (Wildman–Crippen LogP) is 3.32. The van der Waals surface area contributed by atoms with E-state index < -0.39 is 10.0 Å². The topological polar surface area (TPSA) is 66.9 Å². The van der Waals surface area contributed by atoms with Crippen LogP contribution in [-0.2, 0) is 10.0 Å². The van der Waals surface area contributed by atoms with Gasteiger partial charge in [0, 0.05) is 20.1 Å². The minimum atomic E-state index is -3.69. The molecular formula is C22H28N2O4S. The minimum Gasteiger partial charge on any atom is -0.491 e. The first-order valence-electron chi connectivity index (χ1n) is 9.94. The third-order valence-electron chi connectivity index (χ3n) is 5.17. The van der Waals surface area contributed by atoms with E-state index in [0.717, 1.165) is 30.6 Å². The lowest BCUT2D eigenvalue weighted by Gasteiger charge is -2.27. The first-order chi connectivity index (χ1) is 13.9. The molecule has 6 nitrogen and oxygen atoms in total. The van der Waals surface area contributed by atoms with Gasteiger partial charge in [-0.05, 0) is 43.5 Å². The van der Waals surface area contributed by atoms with Crippen molar-refractivity contribution in [1.82, 2.24) is 9.21 Å². The molecule has 0 saturated carbocycles. The molecule has 1 aliphatic heterocycles. The molecule has 3 rings (SSSR count). The number of rotatable bonds is 7. The van der Waals surface area contributed by atoms with Gasteiger partial charge >= 0.3 is 0 Å². The number of carbonyl (C=O) groups excluding carboxylic acids is 1. The lowest BCUT2D eigenvalue weighted by atomic mass is 10.2. The standard InChI is InChI=1S/C22H28N2O4S/c1-18-10-4-6-12-20(18)28-17-16-23(2)22(25)19-11-5-7-13-21(19)29(26,27)24-14-8-3-9-15-24/h4-7,10-13H,3,8-9,14-17H2,1-2H3. The summed E-state index contributed by atoms with van der Waals surface area (Å²) in [5.74, 6) is 0.455. The Morgan fingerprint density at radius 2 is 1.69 bits per heavy atom. The predicted molar refractivity (Wildman–Crippen MR) is 113 cm³/mol. The van der Waals surface area contributed by atoms with E-state index in [1.807, 2.05) is 31.2 Å². The highest BCUT2D eigenvalue weighted by Gasteiger charge is 2.30. The molecule has 0 aliphatic carbocycles. The van der Waals surface area contributed by atoms with Gasteiger partial charge in [0.05, 0.1) is 17.0 Å². The number of ether oxygens (including phenoxy) is 1. The van der Waals surface area contributed by atoms with Gasteiger partial charge in [-0.1, -0.05) is 36.8 Å². The van der Waals surface area contributed by atoms with Crippen LogP contribution in [-0.4, -0.2) is 56.8 Å². The van der Waals surface area contributed by atoms with E-state index in [1.165, 1.54) is 15.3 Å². The van der Waals surface area contributed by atoms with Crippen LogP contribution in [0.1, 0.15) is 35.2 Å². The molecule has 0 N–H and O–H groups in total. The number of amides is 1. The first kappa shape index (κ1) is 21.3. The zero-order valence-corrected chi connectivity index (χ0v) is 17.8. The van der Waals surface area contributed by atoms with Gasteiger partial charge in [-0.25, -0.2) is 8.42 Å². The quantitative estimate of drug-likeness (QED) is 0.694. The minimum absolute atomic E-state index is 0.0820. The van der Waals surface area contributed by atoms with Gasteiger partial charge in [0.25, 0.3) is 5.91 Å². The zero-order chi connectivity index (χ0) is 20.9. The molecule has 29 heavy (non-hydrogen) atoms. The van der Waals surface area contributed by atoms with Crippen molar-refractivity contribution < 1.29 is 17.9 Å². The molecule has 0 bridgehead atoms. The largest absolute Gasteiger partial charge is 0.491 e. The van der Waals surface area contributed by atoms with E-state index in [9.17, 15) is 13.2 Å². The molecule has 1 amide bonds. The number of nitrogens with zero attached hydrogens (tertiary/aromatic N) is 2. The van der Waals surface area contributed by atoms with Crippen molar-refractivity contribution in [2.75, 3.05) is 33.3 Å². The van der Waals surface area contributed by atoms with Crippen molar-refractivity contribution in [3.05, 3.63) is 59.7 Å². The fourth-order valence-corrected chi connectivity index (χ4v) is 5.13. The molecular weight excluding hydrogens is 388 g/mol. The Hall–Kier alpha value is -2.38. The monoisotopic (exact) mass is 416 g/mol. The van der Waals surface area contributed by atoms with Crippen molar-refractivity contribution in [1.29, 1.82) is 0 Å². The summed E-state index contributed by atoms with van der Waals surface area (Å²) in [6.07, 6.45) is 2.74. The highest BCUT2D eigenvalue weighted by Crippen LogP contribution is 2.24. The van der Waals surface area contributed by atoms with E-state index in [2.05, 4.69) is 0 Å². The maximum absolute atomic E-state index is 13.1. The van der Waals surface area contributed by atoms with E-state index in [0.29, 0.717) is 26.2 Å². The number of sulfonamides is 1. The van der Waals surface area contributed by atoms with Crippen LogP contribution in [0.2, 0.25) is 0 Å². The molecule has 0 aromatic heterocycles. The van der Waals surface area contributed by atoms with Gasteiger partial charge in [0.2, 0.25) is 10.0 Å². The first-order valence-corrected chi connectivity index (χ1v) is 11.4. The number of likely N-dealkylation sites (N-methyl/N-ethyl adjacent to an activating group) is 1. The zero-order valence-electron chi connectivity index (χ0n) is 17.0. The smallest absolute Gasteiger partial charge is 0.255 e. The maximum Gasteiger partial charge on any atom is 0.255 e. The van der Waals surface area contributed by atoms with Crippen molar-refractivity contribution in [3.8, 4) is 5.75 Å². The number of benzene rings is 2. The Morgan fingerprint density at radius 1 is 1.03 bits per heavy atom. The molecule has 2 aromatic carbocycles. The SMILES string of the molecule is Cc1ccccc1OCCN(C)C(=O)c1ccccc1S(=O)(=O)N1CCCCC1. The molecule has 2 aromatic rings. The Labute approximate surface area is 173 Å². The Kier molecular flexibility index (Phi) is 6.92. The molecule has 7 heteroatoms. The second kappa shape index (κ2) is 9.41. The molecule has 1 fully saturated rings. The average molecular weight is 417 g/mol. The van der Waals surface area contributed by atoms with Crippen LogP contribution < -0.4 is 4.74 Å². The summed E-state index contributed by atoms with van der Waals surface area (Å²) in [5.41, 5.74) is 1.23. The van der Waals surface area contributed by atoms with Crippen molar-refractivity contribution in [2.45, 2.75) is 31.1 Å². The number of para-hydroxylation sites is 1. The molecule has 1 aliphatic rings. The number of hydrogen-bond acceptors (Lipinski definition) is 4. The number of piperidine rings is 1. The van der Waals surface area contributed by atoms with Crippen LogP contribution in [0, 0.1) is 6.92 Å². The van der Waals surface area contributed by atoms with Crippen molar-refractivity contribution in [3.63, 3.8) is 0 Å². The van der Waals surface area contributed by atoms with Crippen LogP contribution in [0.3, 0.4) is 0 Å². The normalized spacial score (nSPS) is 15.1. The van der Waals surface area contributed by atoms with E-state index in [1.54, 1.807) is 25.2 Å². The second-order valence-corrected chi connectivity index (χ2v) is 9.21. The summed E-state index contributed by atoms with van der Waals surface area (Å²) in [6.45, 7) is 3.65. The molecule has 0 spiro atoms. The molecule has 1 saturated heterocycles. The Morgan fingerprint density at radius 3 is 2.41 bits per heavy atom. The van der Waals surface area contributed by atoms with E-state index >= 15 is 0 Å². The average Bonchev–Trinajstić information content (AvgIpc) is 2.75. The fourth-order valence-electron chi connectivity index (χ4n) is 3.43. The van der Waals surface area contributed by atoms with Gasteiger partial charge in [-0.3, -0.25) is 4.79 Å². The summed E-state index contributed by atoms with van der Waals surface area (Å²) in [6, 6.07) is 14.2. The van der Waals surface area contributed by atoms with E-state index in [-0.39, 0.29) is 16.4 Å². The lowest BCUT2D eigenvalue weighted by Crippen LogP contribution is -2.37. The maximum atomic E-state index is 13.1. The lowest BCUT2D eigenvalue weighted by molar-refractivity contribution is 0.0769. The highest BCUT2D eigenvalue weighted by molar-refractivity contribution is 7.89. The number of hydrogen-bond donors (Lipinski definition) is 0. The number of aryl methyl sites for hydroxylation is 1. The summed E-state index contributed by atoms with van der Waals surface area (Å²) in [5, 5.41) is 0. The van der Waals surface area contributed by atoms with Crippen LogP contribution in [0.15, 0.2) is 53.4 Å². The van der Waals surface area contributed by atoms with Crippen LogP contribution in [0.4, 0.5) is 0 Å². The highest BCUT2D eigenvalue weighted by atomic mass is 32.2. The van der Waals surface area contributed by atoms with Gasteiger partial charge in [-0.15, -0.1) is 0 Å². The van der Waals surface area contributed by atoms with E-state index in [4.69, 9.17) is 4.74 Å². The molecule has 0 unspecified atom stereocenters. The molecule has 156 valence electrons. The molecule has 1 heterocycles. The third kappa shape index (κ3) is 4.97. The van der Waals surface area contributed by atoms with Gasteiger partial charge in [0.15, 0.2) is 0 Å². The van der Waals surface area contributed by atoms with Gasteiger partial charge < -0.3 is 9.64 Å². The fraction of sp³-hybridized carbons (Fsp3) is 0.409. The summed E-state index contributed by atoms with van der Waals surface area (Å²) < 4.78 is 33.5. The molecule has 0 atom stereocenters. The van der Waals surface area contributed by atoms with Crippen LogP contribution in [0.25, 0.3) is 0 Å². The van der Waals surface area contributed by atoms with Crippen molar-refractivity contribution in [2.24, 2.45) is 0 Å². The van der Waals surface area contributed by atoms with Crippen LogP contribution >= 0.6 is 0 Å². The van der Waals surface area contributed by atoms with Crippen LogP contribution in [0.5, 0.6) is 5.75 Å².